The maximum atomic E-state index is 13.2. The molecule has 22 heavy (non-hydrogen) atoms. The number of benzene rings is 1. The normalized spacial score (nSPS) is 28.3. The lowest BCUT2D eigenvalue weighted by Crippen LogP contribution is -2.69. The molecule has 7 heteroatoms. The minimum Gasteiger partial charge on any atom is -0.484 e. The fourth-order valence-electron chi connectivity index (χ4n) is 3.42. The standard InChI is InChI=1S/C15H15ClFNO4/c16-10-2-1-9(3-11(10)17)22-4-12(20)18-13(21)15-5-14(6-15,7-15)8-19/h1-3,19H,4-8H2,(H,18,20,21). The molecule has 2 amide bonds. The summed E-state index contributed by atoms with van der Waals surface area (Å²) in [6.07, 6.45) is 1.87. The summed E-state index contributed by atoms with van der Waals surface area (Å²) >= 11 is 5.54. The fourth-order valence-corrected chi connectivity index (χ4v) is 3.54. The minimum atomic E-state index is -0.640. The summed E-state index contributed by atoms with van der Waals surface area (Å²) in [5, 5.41) is 11.4. The number of carbonyl (C=O) groups excluding carboxylic acids is 2. The number of aliphatic hydroxyl groups is 1. The number of aliphatic hydroxyl groups excluding tert-OH is 1. The molecule has 5 nitrogen and oxygen atoms in total. The number of hydrogen-bond acceptors (Lipinski definition) is 4. The molecule has 2 bridgehead atoms. The van der Waals surface area contributed by atoms with Crippen molar-refractivity contribution in [2.24, 2.45) is 10.8 Å². The first-order valence-corrected chi connectivity index (χ1v) is 7.29. The molecule has 0 aliphatic heterocycles. The number of nitrogens with one attached hydrogen (secondary N) is 1. The summed E-state index contributed by atoms with van der Waals surface area (Å²) in [4.78, 5) is 23.7. The molecule has 3 aliphatic carbocycles. The van der Waals surface area contributed by atoms with Gasteiger partial charge in [-0.1, -0.05) is 11.6 Å². The lowest BCUT2D eigenvalue weighted by Gasteiger charge is -2.68. The summed E-state index contributed by atoms with van der Waals surface area (Å²) in [6, 6.07) is 3.84. The Bertz CT molecular complexity index is 629. The van der Waals surface area contributed by atoms with Gasteiger partial charge >= 0.3 is 0 Å². The zero-order valence-electron chi connectivity index (χ0n) is 11.7. The van der Waals surface area contributed by atoms with Crippen LogP contribution in [0.1, 0.15) is 19.3 Å². The van der Waals surface area contributed by atoms with Crippen LogP contribution in [0.15, 0.2) is 18.2 Å². The first-order chi connectivity index (χ1) is 10.4. The Kier molecular flexibility index (Phi) is 3.61. The zero-order valence-corrected chi connectivity index (χ0v) is 12.5. The second-order valence-electron chi connectivity index (χ2n) is 6.21. The molecule has 0 spiro atoms. The molecule has 1 aromatic rings. The summed E-state index contributed by atoms with van der Waals surface area (Å²) in [5.41, 5.74) is -0.595. The third-order valence-electron chi connectivity index (χ3n) is 4.47. The van der Waals surface area contributed by atoms with Crippen molar-refractivity contribution >= 4 is 23.4 Å². The van der Waals surface area contributed by atoms with Crippen LogP contribution in [0.2, 0.25) is 5.02 Å². The van der Waals surface area contributed by atoms with E-state index in [1.54, 1.807) is 0 Å². The van der Waals surface area contributed by atoms with E-state index in [9.17, 15) is 14.0 Å². The van der Waals surface area contributed by atoms with Crippen molar-refractivity contribution in [1.29, 1.82) is 0 Å². The largest absolute Gasteiger partial charge is 0.484 e. The Labute approximate surface area is 131 Å². The van der Waals surface area contributed by atoms with Gasteiger partial charge in [-0.05, 0) is 36.8 Å². The molecule has 3 aliphatic rings. The smallest absolute Gasteiger partial charge is 0.264 e. The molecule has 1 aromatic carbocycles. The van der Waals surface area contributed by atoms with Gasteiger partial charge in [0.25, 0.3) is 5.91 Å². The van der Waals surface area contributed by atoms with Crippen LogP contribution in [0, 0.1) is 16.6 Å². The van der Waals surface area contributed by atoms with E-state index in [-0.39, 0.29) is 35.3 Å². The average molecular weight is 328 g/mol. The Balaban J connectivity index is 1.47. The van der Waals surface area contributed by atoms with E-state index in [0.29, 0.717) is 19.3 Å². The Morgan fingerprint density at radius 2 is 2.05 bits per heavy atom. The fraction of sp³-hybridized carbons (Fsp3) is 0.467. The van der Waals surface area contributed by atoms with Crippen molar-refractivity contribution in [3.63, 3.8) is 0 Å². The first-order valence-electron chi connectivity index (χ1n) is 6.91. The van der Waals surface area contributed by atoms with Crippen molar-refractivity contribution in [2.75, 3.05) is 13.2 Å². The van der Waals surface area contributed by atoms with Crippen LogP contribution in [-0.4, -0.2) is 30.1 Å². The van der Waals surface area contributed by atoms with Crippen molar-refractivity contribution in [2.45, 2.75) is 19.3 Å². The van der Waals surface area contributed by atoms with Crippen molar-refractivity contribution in [3.05, 3.63) is 29.0 Å². The molecule has 0 atom stereocenters. The number of imide groups is 1. The van der Waals surface area contributed by atoms with E-state index in [1.165, 1.54) is 12.1 Å². The quantitative estimate of drug-likeness (QED) is 0.862. The molecule has 118 valence electrons. The molecular weight excluding hydrogens is 313 g/mol. The molecule has 0 heterocycles. The molecule has 4 rings (SSSR count). The zero-order chi connectivity index (χ0) is 16.0. The van der Waals surface area contributed by atoms with E-state index in [1.807, 2.05) is 0 Å². The Hall–Kier alpha value is -1.66. The molecule has 0 radical (unpaired) electrons. The Morgan fingerprint density at radius 1 is 1.36 bits per heavy atom. The number of halogens is 2. The molecule has 3 fully saturated rings. The number of ether oxygens (including phenoxy) is 1. The van der Waals surface area contributed by atoms with Gasteiger partial charge in [0.1, 0.15) is 11.6 Å². The van der Waals surface area contributed by atoms with Gasteiger partial charge < -0.3 is 9.84 Å². The molecule has 2 N–H and O–H groups in total. The lowest BCUT2D eigenvalue weighted by atomic mass is 9.35. The second-order valence-corrected chi connectivity index (χ2v) is 6.62. The average Bonchev–Trinajstić information content (AvgIpc) is 2.37. The van der Waals surface area contributed by atoms with E-state index in [2.05, 4.69) is 5.32 Å². The van der Waals surface area contributed by atoms with Crippen molar-refractivity contribution in [3.8, 4) is 5.75 Å². The van der Waals surface area contributed by atoms with Crippen LogP contribution < -0.4 is 10.1 Å². The second kappa shape index (κ2) is 5.21. The summed E-state index contributed by atoms with van der Waals surface area (Å²) in [7, 11) is 0. The van der Waals surface area contributed by atoms with Gasteiger partial charge in [0.15, 0.2) is 6.61 Å². The highest BCUT2D eigenvalue weighted by molar-refractivity contribution is 6.30. The molecular formula is C15H15ClFNO4. The first kappa shape index (κ1) is 15.2. The Morgan fingerprint density at radius 3 is 2.64 bits per heavy atom. The third-order valence-corrected chi connectivity index (χ3v) is 4.78. The third kappa shape index (κ3) is 2.46. The SMILES string of the molecule is O=C(COc1ccc(Cl)c(F)c1)NC(=O)C12CC(CO)(C1)C2. The molecule has 0 aromatic heterocycles. The number of amides is 2. The van der Waals surface area contributed by atoms with Crippen LogP contribution >= 0.6 is 11.6 Å². The van der Waals surface area contributed by atoms with Crippen LogP contribution in [0.4, 0.5) is 4.39 Å². The number of hydrogen-bond donors (Lipinski definition) is 2. The predicted molar refractivity (Wildman–Crippen MR) is 75.9 cm³/mol. The van der Waals surface area contributed by atoms with Crippen molar-refractivity contribution < 1.29 is 23.8 Å². The number of carbonyl (C=O) groups is 2. The molecule has 0 saturated heterocycles. The maximum Gasteiger partial charge on any atom is 0.264 e. The topological polar surface area (TPSA) is 75.6 Å². The van der Waals surface area contributed by atoms with Gasteiger partial charge in [0.2, 0.25) is 5.91 Å². The van der Waals surface area contributed by atoms with Gasteiger partial charge in [-0.2, -0.15) is 0 Å². The van der Waals surface area contributed by atoms with E-state index >= 15 is 0 Å². The summed E-state index contributed by atoms with van der Waals surface area (Å²) in [5.74, 6) is -1.38. The van der Waals surface area contributed by atoms with Crippen LogP contribution in [0.3, 0.4) is 0 Å². The monoisotopic (exact) mass is 327 g/mol. The highest BCUT2D eigenvalue weighted by Crippen LogP contribution is 2.73. The van der Waals surface area contributed by atoms with Gasteiger partial charge in [0, 0.05) is 12.7 Å². The van der Waals surface area contributed by atoms with Gasteiger partial charge in [-0.25, -0.2) is 4.39 Å². The predicted octanol–water partition coefficient (Wildman–Crippen LogP) is 1.66. The molecule has 3 saturated carbocycles. The van der Waals surface area contributed by atoms with E-state index in [0.717, 1.165) is 6.07 Å². The lowest BCUT2D eigenvalue weighted by molar-refractivity contribution is -0.220. The number of rotatable bonds is 5. The van der Waals surface area contributed by atoms with Crippen LogP contribution in [-0.2, 0) is 9.59 Å². The molecule has 0 unspecified atom stereocenters. The van der Waals surface area contributed by atoms with Gasteiger partial charge in [-0.3, -0.25) is 14.9 Å². The van der Waals surface area contributed by atoms with E-state index in [4.69, 9.17) is 21.4 Å². The van der Waals surface area contributed by atoms with Crippen molar-refractivity contribution in [1.82, 2.24) is 5.32 Å². The maximum absolute atomic E-state index is 13.2. The van der Waals surface area contributed by atoms with Crippen LogP contribution in [0.25, 0.3) is 0 Å². The highest BCUT2D eigenvalue weighted by Gasteiger charge is 2.71. The minimum absolute atomic E-state index is 0.0339. The van der Waals surface area contributed by atoms with Gasteiger partial charge in [0.05, 0.1) is 10.4 Å². The van der Waals surface area contributed by atoms with Gasteiger partial charge in [-0.15, -0.1) is 0 Å². The highest BCUT2D eigenvalue weighted by atomic mass is 35.5. The summed E-state index contributed by atoms with van der Waals surface area (Å²) < 4.78 is 18.3. The van der Waals surface area contributed by atoms with Crippen LogP contribution in [0.5, 0.6) is 5.75 Å². The summed E-state index contributed by atoms with van der Waals surface area (Å²) in [6.45, 7) is -0.296. The van der Waals surface area contributed by atoms with E-state index < -0.39 is 17.1 Å².